The lowest BCUT2D eigenvalue weighted by Crippen LogP contribution is -2.05. The molecule has 1 heterocycles. The van der Waals surface area contributed by atoms with Gasteiger partial charge in [-0.3, -0.25) is 0 Å². The van der Waals surface area contributed by atoms with Crippen molar-refractivity contribution in [2.24, 2.45) is 5.73 Å². The van der Waals surface area contributed by atoms with E-state index in [0.29, 0.717) is 6.54 Å². The van der Waals surface area contributed by atoms with E-state index in [4.69, 9.17) is 5.73 Å². The monoisotopic (exact) mass is 245 g/mol. The first-order valence-electron chi connectivity index (χ1n) is 5.50. The highest BCUT2D eigenvalue weighted by Crippen LogP contribution is 2.20. The Balaban J connectivity index is 2.28. The molecule has 2 rings (SSSR count). The van der Waals surface area contributed by atoms with Gasteiger partial charge in [0.1, 0.15) is 0 Å². The molecule has 1 aromatic heterocycles. The van der Waals surface area contributed by atoms with E-state index in [2.05, 4.69) is 28.4 Å². The topological polar surface area (TPSA) is 51.8 Å². The predicted molar refractivity (Wildman–Crippen MR) is 72.0 cm³/mol. The van der Waals surface area contributed by atoms with Crippen molar-refractivity contribution in [2.75, 3.05) is 12.8 Å². The van der Waals surface area contributed by atoms with E-state index < -0.39 is 0 Å². The van der Waals surface area contributed by atoms with Crippen molar-refractivity contribution < 1.29 is 0 Å². The van der Waals surface area contributed by atoms with Crippen molar-refractivity contribution in [2.45, 2.75) is 11.3 Å². The van der Waals surface area contributed by atoms with Crippen LogP contribution in [0.5, 0.6) is 0 Å². The molecule has 0 unspecified atom stereocenters. The van der Waals surface area contributed by atoms with Crippen LogP contribution in [0.2, 0.25) is 0 Å². The lowest BCUT2D eigenvalue weighted by atomic mass is 10.2. The highest BCUT2D eigenvalue weighted by atomic mass is 32.2. The average Bonchev–Trinajstić information content (AvgIpc) is 2.40. The van der Waals surface area contributed by atoms with Gasteiger partial charge in [0.25, 0.3) is 0 Å². The highest BCUT2D eigenvalue weighted by molar-refractivity contribution is 7.98. The first-order chi connectivity index (χ1) is 8.33. The first kappa shape index (κ1) is 12.1. The quantitative estimate of drug-likeness (QED) is 0.840. The number of hydrogen-bond acceptors (Lipinski definition) is 4. The maximum atomic E-state index is 5.52. The molecule has 2 N–H and O–H groups in total. The molecule has 0 saturated heterocycles. The number of nitrogens with two attached hydrogens (primary N) is 1. The van der Waals surface area contributed by atoms with Crippen LogP contribution in [-0.4, -0.2) is 22.8 Å². The third-order valence-electron chi connectivity index (χ3n) is 2.46. The van der Waals surface area contributed by atoms with Gasteiger partial charge in [-0.15, -0.1) is 11.8 Å². The summed E-state index contributed by atoms with van der Waals surface area (Å²) in [4.78, 5) is 10.0. The Hall–Kier alpha value is -1.39. The third kappa shape index (κ3) is 3.05. The Morgan fingerprint density at radius 3 is 2.59 bits per heavy atom. The molecule has 0 spiro atoms. The molecule has 0 fully saturated rings. The van der Waals surface area contributed by atoms with Gasteiger partial charge in [0, 0.05) is 28.8 Å². The van der Waals surface area contributed by atoms with Crippen LogP contribution >= 0.6 is 11.8 Å². The first-order valence-corrected chi connectivity index (χ1v) is 6.72. The number of rotatable bonds is 4. The standard InChI is InChI=1S/C13H15N3S/c1-17-12-4-2-10(3-5-12)13-15-9-7-11(16-13)6-8-14/h2-5,7,9H,6,8,14H2,1H3. The number of nitrogens with zero attached hydrogens (tertiary/aromatic N) is 2. The van der Waals surface area contributed by atoms with Gasteiger partial charge in [-0.1, -0.05) is 12.1 Å². The Bertz CT molecular complexity index is 482. The van der Waals surface area contributed by atoms with Crippen LogP contribution in [0.15, 0.2) is 41.4 Å². The Morgan fingerprint density at radius 1 is 1.18 bits per heavy atom. The van der Waals surface area contributed by atoms with Crippen molar-refractivity contribution in [3.05, 3.63) is 42.2 Å². The smallest absolute Gasteiger partial charge is 0.159 e. The molecule has 0 aliphatic carbocycles. The van der Waals surface area contributed by atoms with Crippen LogP contribution in [-0.2, 0) is 6.42 Å². The van der Waals surface area contributed by atoms with Gasteiger partial charge < -0.3 is 5.73 Å². The van der Waals surface area contributed by atoms with Gasteiger partial charge in [0.05, 0.1) is 0 Å². The van der Waals surface area contributed by atoms with E-state index in [0.717, 1.165) is 23.5 Å². The van der Waals surface area contributed by atoms with E-state index >= 15 is 0 Å². The summed E-state index contributed by atoms with van der Waals surface area (Å²) in [5.74, 6) is 0.767. The molecule has 0 radical (unpaired) electrons. The summed E-state index contributed by atoms with van der Waals surface area (Å²) in [5.41, 5.74) is 7.56. The molecular weight excluding hydrogens is 230 g/mol. The Labute approximate surface area is 105 Å². The van der Waals surface area contributed by atoms with Crippen molar-refractivity contribution in [3.8, 4) is 11.4 Å². The molecule has 0 saturated carbocycles. The zero-order valence-corrected chi connectivity index (χ0v) is 10.6. The molecule has 4 heteroatoms. The van der Waals surface area contributed by atoms with Crippen molar-refractivity contribution in [3.63, 3.8) is 0 Å². The van der Waals surface area contributed by atoms with Crippen LogP contribution in [0, 0.1) is 0 Å². The second kappa shape index (κ2) is 5.80. The number of hydrogen-bond donors (Lipinski definition) is 1. The van der Waals surface area contributed by atoms with Crippen LogP contribution in [0.4, 0.5) is 0 Å². The Kier molecular flexibility index (Phi) is 4.12. The minimum Gasteiger partial charge on any atom is -0.330 e. The van der Waals surface area contributed by atoms with E-state index in [1.165, 1.54) is 4.90 Å². The SMILES string of the molecule is CSc1ccc(-c2nccc(CCN)n2)cc1. The summed E-state index contributed by atoms with van der Waals surface area (Å²) in [6, 6.07) is 10.2. The summed E-state index contributed by atoms with van der Waals surface area (Å²) in [5, 5.41) is 0. The van der Waals surface area contributed by atoms with Gasteiger partial charge in [0.2, 0.25) is 0 Å². The molecule has 2 aromatic rings. The minimum absolute atomic E-state index is 0.613. The van der Waals surface area contributed by atoms with Gasteiger partial charge in [-0.05, 0) is 31.0 Å². The maximum Gasteiger partial charge on any atom is 0.159 e. The molecule has 0 aliphatic heterocycles. The molecule has 17 heavy (non-hydrogen) atoms. The van der Waals surface area contributed by atoms with Gasteiger partial charge in [-0.2, -0.15) is 0 Å². The molecule has 1 aromatic carbocycles. The number of aromatic nitrogens is 2. The van der Waals surface area contributed by atoms with E-state index in [1.807, 2.05) is 18.2 Å². The maximum absolute atomic E-state index is 5.52. The van der Waals surface area contributed by atoms with Gasteiger partial charge in [0.15, 0.2) is 5.82 Å². The zero-order valence-electron chi connectivity index (χ0n) is 9.76. The summed E-state index contributed by atoms with van der Waals surface area (Å²) >= 11 is 1.73. The normalized spacial score (nSPS) is 10.5. The molecule has 0 aliphatic rings. The molecule has 88 valence electrons. The van der Waals surface area contributed by atoms with Crippen LogP contribution < -0.4 is 5.73 Å². The van der Waals surface area contributed by atoms with Crippen molar-refractivity contribution in [1.29, 1.82) is 0 Å². The summed E-state index contributed by atoms with van der Waals surface area (Å²) in [6.45, 7) is 0.613. The third-order valence-corrected chi connectivity index (χ3v) is 3.21. The molecule has 0 bridgehead atoms. The second-order valence-corrected chi connectivity index (χ2v) is 4.52. The van der Waals surface area contributed by atoms with Gasteiger partial charge >= 0.3 is 0 Å². The zero-order chi connectivity index (χ0) is 12.1. The van der Waals surface area contributed by atoms with Crippen molar-refractivity contribution >= 4 is 11.8 Å². The van der Waals surface area contributed by atoms with Crippen LogP contribution in [0.3, 0.4) is 0 Å². The summed E-state index contributed by atoms with van der Waals surface area (Å²) in [7, 11) is 0. The number of benzene rings is 1. The molecule has 3 nitrogen and oxygen atoms in total. The lowest BCUT2D eigenvalue weighted by molar-refractivity contribution is 0.913. The molecule has 0 amide bonds. The van der Waals surface area contributed by atoms with Crippen LogP contribution in [0.25, 0.3) is 11.4 Å². The Morgan fingerprint density at radius 2 is 1.94 bits per heavy atom. The highest BCUT2D eigenvalue weighted by Gasteiger charge is 2.02. The predicted octanol–water partition coefficient (Wildman–Crippen LogP) is 2.37. The average molecular weight is 245 g/mol. The van der Waals surface area contributed by atoms with Crippen molar-refractivity contribution in [1.82, 2.24) is 9.97 Å². The summed E-state index contributed by atoms with van der Waals surface area (Å²) < 4.78 is 0. The van der Waals surface area contributed by atoms with E-state index in [1.54, 1.807) is 18.0 Å². The fraction of sp³-hybridized carbons (Fsp3) is 0.231. The van der Waals surface area contributed by atoms with Gasteiger partial charge in [-0.25, -0.2) is 9.97 Å². The number of thioether (sulfide) groups is 1. The largest absolute Gasteiger partial charge is 0.330 e. The van der Waals surface area contributed by atoms with Crippen LogP contribution in [0.1, 0.15) is 5.69 Å². The lowest BCUT2D eigenvalue weighted by Gasteiger charge is -2.03. The van der Waals surface area contributed by atoms with E-state index in [-0.39, 0.29) is 0 Å². The fourth-order valence-corrected chi connectivity index (χ4v) is 1.97. The van der Waals surface area contributed by atoms with E-state index in [9.17, 15) is 0 Å². The minimum atomic E-state index is 0.613. The summed E-state index contributed by atoms with van der Waals surface area (Å²) in [6.07, 6.45) is 4.64. The molecule has 0 atom stereocenters. The second-order valence-electron chi connectivity index (χ2n) is 3.64. The molecular formula is C13H15N3S. The fourth-order valence-electron chi connectivity index (χ4n) is 1.56.